The largest absolute Gasteiger partial charge is 0.481 e. The molecule has 1 rings (SSSR count). The number of aromatic nitrogens is 2. The summed E-state index contributed by atoms with van der Waals surface area (Å²) in [5.41, 5.74) is -1.16. The molecule has 1 unspecified atom stereocenters. The zero-order valence-corrected chi connectivity index (χ0v) is 10.8. The lowest BCUT2D eigenvalue weighted by molar-refractivity contribution is -0.151. The second-order valence-corrected chi connectivity index (χ2v) is 4.95. The number of alkyl halides is 3. The van der Waals surface area contributed by atoms with Crippen LogP contribution in [0.25, 0.3) is 0 Å². The van der Waals surface area contributed by atoms with Crippen molar-refractivity contribution >= 4 is 5.97 Å². The van der Waals surface area contributed by atoms with Gasteiger partial charge in [0.2, 0.25) is 5.89 Å². The van der Waals surface area contributed by atoms with Gasteiger partial charge in [0.15, 0.2) is 5.82 Å². The Morgan fingerprint density at radius 2 is 1.95 bits per heavy atom. The second-order valence-electron chi connectivity index (χ2n) is 4.95. The molecule has 0 aliphatic carbocycles. The van der Waals surface area contributed by atoms with Crippen molar-refractivity contribution in [3.05, 3.63) is 11.7 Å². The molecule has 108 valence electrons. The van der Waals surface area contributed by atoms with E-state index in [0.717, 1.165) is 0 Å². The van der Waals surface area contributed by atoms with E-state index in [0.29, 0.717) is 0 Å². The summed E-state index contributed by atoms with van der Waals surface area (Å²) in [5, 5.41) is 12.4. The van der Waals surface area contributed by atoms with Gasteiger partial charge in [-0.2, -0.15) is 18.2 Å². The molecule has 0 aliphatic heterocycles. The minimum atomic E-state index is -4.42. The normalized spacial score (nSPS) is 15.5. The molecule has 19 heavy (non-hydrogen) atoms. The minimum absolute atomic E-state index is 0.0992. The monoisotopic (exact) mass is 280 g/mol. The Labute approximate surface area is 107 Å². The van der Waals surface area contributed by atoms with E-state index < -0.39 is 29.8 Å². The average Bonchev–Trinajstić information content (AvgIpc) is 2.61. The van der Waals surface area contributed by atoms with Crippen LogP contribution in [0.15, 0.2) is 4.52 Å². The molecule has 0 amide bonds. The minimum Gasteiger partial charge on any atom is -0.481 e. The maximum absolute atomic E-state index is 12.1. The molecule has 0 aromatic carbocycles. The molecule has 1 heterocycles. The van der Waals surface area contributed by atoms with Crippen molar-refractivity contribution in [2.24, 2.45) is 11.3 Å². The predicted octanol–water partition coefficient (Wildman–Crippen LogP) is 2.46. The van der Waals surface area contributed by atoms with Gasteiger partial charge in [-0.05, 0) is 12.8 Å². The Balaban J connectivity index is 2.85. The lowest BCUT2D eigenvalue weighted by atomic mass is 9.76. The molecule has 5 nitrogen and oxygen atoms in total. The fourth-order valence-electron chi connectivity index (χ4n) is 1.45. The molecule has 0 bridgehead atoms. The highest BCUT2D eigenvalue weighted by molar-refractivity contribution is 5.74. The first kappa shape index (κ1) is 15.5. The number of carboxylic acids is 1. The smallest absolute Gasteiger partial charge is 0.396 e. The van der Waals surface area contributed by atoms with Crippen LogP contribution < -0.4 is 0 Å². The van der Waals surface area contributed by atoms with Gasteiger partial charge in [-0.15, -0.1) is 0 Å². The van der Waals surface area contributed by atoms with Gasteiger partial charge in [-0.25, -0.2) is 0 Å². The van der Waals surface area contributed by atoms with Crippen molar-refractivity contribution in [1.82, 2.24) is 10.1 Å². The maximum atomic E-state index is 12.1. The number of carboxylic acid groups (broad SMARTS) is 1. The molecule has 0 aliphatic rings. The topological polar surface area (TPSA) is 76.2 Å². The number of carbonyl (C=O) groups is 1. The third-order valence-electron chi connectivity index (χ3n) is 3.15. The van der Waals surface area contributed by atoms with E-state index in [1.165, 1.54) is 6.92 Å². The SMILES string of the molecule is CC(C)C(C)(Cc1nc(CC(F)(F)F)no1)C(=O)O. The standard InChI is InChI=1S/C11H15F3N2O3/c1-6(2)10(3,9(17)18)5-8-15-7(16-19-8)4-11(12,13)14/h6H,4-5H2,1-3H3,(H,17,18). The summed E-state index contributed by atoms with van der Waals surface area (Å²) < 4.78 is 41.1. The molecule has 8 heteroatoms. The zero-order chi connectivity index (χ0) is 14.8. The van der Waals surface area contributed by atoms with Crippen LogP contribution in [0.3, 0.4) is 0 Å². The summed E-state index contributed by atoms with van der Waals surface area (Å²) in [4.78, 5) is 14.8. The van der Waals surface area contributed by atoms with Crippen molar-refractivity contribution in [2.75, 3.05) is 0 Å². The van der Waals surface area contributed by atoms with Gasteiger partial charge >= 0.3 is 12.1 Å². The van der Waals surface area contributed by atoms with E-state index >= 15 is 0 Å². The number of halogens is 3. The summed E-state index contributed by atoms with van der Waals surface area (Å²) in [6.07, 6.45) is -5.82. The van der Waals surface area contributed by atoms with Gasteiger partial charge in [-0.3, -0.25) is 4.79 Å². The summed E-state index contributed by atoms with van der Waals surface area (Å²) in [6.45, 7) is 4.91. The van der Waals surface area contributed by atoms with Crippen molar-refractivity contribution in [3.63, 3.8) is 0 Å². The fourth-order valence-corrected chi connectivity index (χ4v) is 1.45. The molecule has 0 spiro atoms. The van der Waals surface area contributed by atoms with Crippen LogP contribution >= 0.6 is 0 Å². The predicted molar refractivity (Wildman–Crippen MR) is 58.3 cm³/mol. The van der Waals surface area contributed by atoms with E-state index in [2.05, 4.69) is 14.7 Å². The third kappa shape index (κ3) is 3.93. The number of hydrogen-bond donors (Lipinski definition) is 1. The molecule has 1 aromatic heterocycles. The van der Waals surface area contributed by atoms with Gasteiger partial charge in [0.05, 0.1) is 5.41 Å². The first-order valence-electron chi connectivity index (χ1n) is 5.66. The molecular weight excluding hydrogens is 265 g/mol. The Morgan fingerprint density at radius 1 is 1.37 bits per heavy atom. The molecule has 0 fully saturated rings. The van der Waals surface area contributed by atoms with Gasteiger partial charge < -0.3 is 9.63 Å². The Kier molecular flexibility index (Phi) is 4.21. The Bertz CT molecular complexity index is 456. The first-order chi connectivity index (χ1) is 8.54. The maximum Gasteiger partial charge on any atom is 0.396 e. The van der Waals surface area contributed by atoms with Crippen LogP contribution in [0, 0.1) is 11.3 Å². The Hall–Kier alpha value is -1.60. The summed E-state index contributed by atoms with van der Waals surface area (Å²) in [7, 11) is 0. The van der Waals surface area contributed by atoms with Crippen LogP contribution in [0.4, 0.5) is 13.2 Å². The van der Waals surface area contributed by atoms with Crippen molar-refractivity contribution in [3.8, 4) is 0 Å². The van der Waals surface area contributed by atoms with E-state index in [-0.39, 0.29) is 18.2 Å². The number of rotatable bonds is 5. The van der Waals surface area contributed by atoms with Crippen LogP contribution in [0.1, 0.15) is 32.5 Å². The molecule has 0 radical (unpaired) electrons. The first-order valence-corrected chi connectivity index (χ1v) is 5.66. The molecule has 1 atom stereocenters. The molecular formula is C11H15F3N2O3. The quantitative estimate of drug-likeness (QED) is 0.896. The average molecular weight is 280 g/mol. The Morgan fingerprint density at radius 3 is 2.37 bits per heavy atom. The zero-order valence-electron chi connectivity index (χ0n) is 10.8. The number of nitrogens with zero attached hydrogens (tertiary/aromatic N) is 2. The van der Waals surface area contributed by atoms with Gasteiger partial charge in [0, 0.05) is 6.42 Å². The van der Waals surface area contributed by atoms with Gasteiger partial charge in [0.1, 0.15) is 6.42 Å². The summed E-state index contributed by atoms with van der Waals surface area (Å²) in [5.74, 6) is -1.88. The van der Waals surface area contributed by atoms with Gasteiger partial charge in [-0.1, -0.05) is 19.0 Å². The molecule has 0 saturated heterocycles. The molecule has 1 N–H and O–H groups in total. The van der Waals surface area contributed by atoms with Gasteiger partial charge in [0.25, 0.3) is 0 Å². The molecule has 1 aromatic rings. The van der Waals surface area contributed by atoms with Crippen molar-refractivity contribution in [2.45, 2.75) is 39.8 Å². The second kappa shape index (κ2) is 5.18. The highest BCUT2D eigenvalue weighted by atomic mass is 19.4. The number of aliphatic carboxylic acids is 1. The number of hydrogen-bond acceptors (Lipinski definition) is 4. The van der Waals surface area contributed by atoms with E-state index in [9.17, 15) is 23.1 Å². The summed E-state index contributed by atoms with van der Waals surface area (Å²) in [6, 6.07) is 0. The lowest BCUT2D eigenvalue weighted by Crippen LogP contribution is -2.35. The third-order valence-corrected chi connectivity index (χ3v) is 3.15. The van der Waals surface area contributed by atoms with E-state index in [1.54, 1.807) is 13.8 Å². The summed E-state index contributed by atoms with van der Waals surface area (Å²) >= 11 is 0. The highest BCUT2D eigenvalue weighted by Crippen LogP contribution is 2.31. The van der Waals surface area contributed by atoms with E-state index in [1.807, 2.05) is 0 Å². The van der Waals surface area contributed by atoms with E-state index in [4.69, 9.17) is 0 Å². The lowest BCUT2D eigenvalue weighted by Gasteiger charge is -2.27. The molecule has 0 saturated carbocycles. The highest BCUT2D eigenvalue weighted by Gasteiger charge is 2.39. The van der Waals surface area contributed by atoms with Crippen molar-refractivity contribution in [1.29, 1.82) is 0 Å². The fraction of sp³-hybridized carbons (Fsp3) is 0.727. The van der Waals surface area contributed by atoms with Crippen LogP contribution in [0.2, 0.25) is 0 Å². The van der Waals surface area contributed by atoms with Crippen LogP contribution in [-0.4, -0.2) is 27.4 Å². The van der Waals surface area contributed by atoms with Crippen molar-refractivity contribution < 1.29 is 27.6 Å². The van der Waals surface area contributed by atoms with Crippen LogP contribution in [0.5, 0.6) is 0 Å². The van der Waals surface area contributed by atoms with Crippen LogP contribution in [-0.2, 0) is 17.6 Å².